The zero-order valence-corrected chi connectivity index (χ0v) is 8.97. The molecule has 0 aromatic heterocycles. The number of esters is 1. The largest absolute Gasteiger partial charge is 0.465 e. The standard InChI is InChI=1S/C9H9FO4S/c1-6-4-3-5-7(15(10,12)13)8(6)9(11)14-2/h3-5H,1-2H3. The molecule has 0 saturated heterocycles. The van der Waals surface area contributed by atoms with Gasteiger partial charge in [-0.25, -0.2) is 4.79 Å². The molecule has 0 heterocycles. The Labute approximate surface area is 86.9 Å². The number of carbonyl (C=O) groups is 1. The van der Waals surface area contributed by atoms with Gasteiger partial charge in [-0.3, -0.25) is 0 Å². The smallest absolute Gasteiger partial charge is 0.339 e. The number of hydrogen-bond donors (Lipinski definition) is 0. The van der Waals surface area contributed by atoms with E-state index >= 15 is 0 Å². The number of halogens is 1. The van der Waals surface area contributed by atoms with Crippen molar-refractivity contribution in [3.05, 3.63) is 29.3 Å². The van der Waals surface area contributed by atoms with Gasteiger partial charge >= 0.3 is 16.2 Å². The molecule has 0 atom stereocenters. The van der Waals surface area contributed by atoms with Crippen LogP contribution in [0.3, 0.4) is 0 Å². The molecule has 0 aliphatic rings. The van der Waals surface area contributed by atoms with Gasteiger partial charge in [-0.2, -0.15) is 8.42 Å². The van der Waals surface area contributed by atoms with Crippen molar-refractivity contribution in [2.75, 3.05) is 7.11 Å². The number of benzene rings is 1. The van der Waals surface area contributed by atoms with Crippen LogP contribution in [0, 0.1) is 6.92 Å². The lowest BCUT2D eigenvalue weighted by Crippen LogP contribution is -2.09. The predicted octanol–water partition coefficient (Wildman–Crippen LogP) is 1.44. The van der Waals surface area contributed by atoms with Gasteiger partial charge in [-0.15, -0.1) is 3.89 Å². The van der Waals surface area contributed by atoms with E-state index in [0.717, 1.165) is 13.2 Å². The van der Waals surface area contributed by atoms with E-state index in [9.17, 15) is 17.1 Å². The third-order valence-electron chi connectivity index (χ3n) is 1.89. The van der Waals surface area contributed by atoms with Gasteiger partial charge in [-0.05, 0) is 18.6 Å². The number of rotatable bonds is 2. The lowest BCUT2D eigenvalue weighted by Gasteiger charge is -2.06. The molecule has 4 nitrogen and oxygen atoms in total. The molecule has 1 rings (SSSR count). The minimum Gasteiger partial charge on any atom is -0.465 e. The van der Waals surface area contributed by atoms with E-state index in [4.69, 9.17) is 0 Å². The zero-order chi connectivity index (χ0) is 11.6. The van der Waals surface area contributed by atoms with Crippen LogP contribution >= 0.6 is 0 Å². The van der Waals surface area contributed by atoms with E-state index in [0.29, 0.717) is 5.56 Å². The second-order valence-electron chi connectivity index (χ2n) is 2.88. The highest BCUT2D eigenvalue weighted by molar-refractivity contribution is 7.86. The molecule has 15 heavy (non-hydrogen) atoms. The molecule has 0 fully saturated rings. The minimum absolute atomic E-state index is 0.262. The van der Waals surface area contributed by atoms with Gasteiger partial charge in [-0.1, -0.05) is 12.1 Å². The van der Waals surface area contributed by atoms with Crippen LogP contribution in [0.2, 0.25) is 0 Å². The Morgan fingerprint density at radius 1 is 1.40 bits per heavy atom. The average Bonchev–Trinajstić information content (AvgIpc) is 2.15. The molecule has 0 unspecified atom stereocenters. The first-order valence-corrected chi connectivity index (χ1v) is 5.39. The summed E-state index contributed by atoms with van der Waals surface area (Å²) in [7, 11) is -3.81. The predicted molar refractivity (Wildman–Crippen MR) is 50.8 cm³/mol. The Morgan fingerprint density at radius 2 is 2.00 bits per heavy atom. The Morgan fingerprint density at radius 3 is 2.47 bits per heavy atom. The summed E-state index contributed by atoms with van der Waals surface area (Å²) in [6, 6.07) is 3.88. The fourth-order valence-corrected chi connectivity index (χ4v) is 1.94. The number of ether oxygens (including phenoxy) is 1. The third kappa shape index (κ3) is 2.33. The van der Waals surface area contributed by atoms with Gasteiger partial charge in [0.15, 0.2) is 0 Å². The molecule has 82 valence electrons. The summed E-state index contributed by atoms with van der Waals surface area (Å²) in [5.41, 5.74) is 0.0862. The molecule has 0 saturated carbocycles. The summed E-state index contributed by atoms with van der Waals surface area (Å²) in [5.74, 6) is -0.871. The molecule has 6 heteroatoms. The summed E-state index contributed by atoms with van der Waals surface area (Å²) >= 11 is 0. The number of carbonyl (C=O) groups excluding carboxylic acids is 1. The van der Waals surface area contributed by atoms with Crippen LogP contribution in [0.5, 0.6) is 0 Å². The van der Waals surface area contributed by atoms with Crippen LogP contribution in [-0.2, 0) is 15.0 Å². The second-order valence-corrected chi connectivity index (χ2v) is 4.19. The van der Waals surface area contributed by atoms with E-state index in [1.165, 1.54) is 19.1 Å². The molecule has 0 bridgehead atoms. The van der Waals surface area contributed by atoms with Gasteiger partial charge in [0, 0.05) is 0 Å². The number of hydrogen-bond acceptors (Lipinski definition) is 4. The lowest BCUT2D eigenvalue weighted by atomic mass is 10.1. The molecule has 1 aromatic carbocycles. The van der Waals surface area contributed by atoms with Crippen molar-refractivity contribution < 1.29 is 21.8 Å². The summed E-state index contributed by atoms with van der Waals surface area (Å²) in [5, 5.41) is 0. The SMILES string of the molecule is COC(=O)c1c(C)cccc1S(=O)(=O)F. The summed E-state index contributed by atoms with van der Waals surface area (Å²) in [6.45, 7) is 1.50. The highest BCUT2D eigenvalue weighted by atomic mass is 32.3. The van der Waals surface area contributed by atoms with Gasteiger partial charge in [0.05, 0.1) is 12.7 Å². The monoisotopic (exact) mass is 232 g/mol. The highest BCUT2D eigenvalue weighted by Gasteiger charge is 2.23. The molecule has 1 aromatic rings. The van der Waals surface area contributed by atoms with Crippen molar-refractivity contribution in [2.24, 2.45) is 0 Å². The summed E-state index contributed by atoms with van der Waals surface area (Å²) in [6.07, 6.45) is 0. The van der Waals surface area contributed by atoms with Crippen molar-refractivity contribution in [2.45, 2.75) is 11.8 Å². The molecule has 0 amide bonds. The number of aryl methyl sites for hydroxylation is 1. The van der Waals surface area contributed by atoms with E-state index in [1.54, 1.807) is 0 Å². The average molecular weight is 232 g/mol. The van der Waals surface area contributed by atoms with E-state index in [1.807, 2.05) is 0 Å². The maximum absolute atomic E-state index is 12.8. The van der Waals surface area contributed by atoms with Crippen molar-refractivity contribution in [3.63, 3.8) is 0 Å². The van der Waals surface area contributed by atoms with Gasteiger partial charge < -0.3 is 4.74 Å². The van der Waals surface area contributed by atoms with Gasteiger partial charge in [0.1, 0.15) is 4.90 Å². The number of methoxy groups -OCH3 is 1. The molecule has 0 radical (unpaired) electrons. The van der Waals surface area contributed by atoms with Crippen LogP contribution in [-0.4, -0.2) is 21.5 Å². The Balaban J connectivity index is 3.54. The van der Waals surface area contributed by atoms with Crippen LogP contribution in [0.15, 0.2) is 23.1 Å². The molecule has 0 spiro atoms. The van der Waals surface area contributed by atoms with E-state index in [-0.39, 0.29) is 5.56 Å². The highest BCUT2D eigenvalue weighted by Crippen LogP contribution is 2.21. The Bertz CT molecular complexity index is 493. The lowest BCUT2D eigenvalue weighted by molar-refractivity contribution is 0.0595. The Hall–Kier alpha value is -1.43. The summed E-state index contributed by atoms with van der Waals surface area (Å²) < 4.78 is 38.7. The molecular formula is C9H9FO4S. The quantitative estimate of drug-likeness (QED) is 0.571. The minimum atomic E-state index is -4.91. The van der Waals surface area contributed by atoms with Crippen LogP contribution in [0.25, 0.3) is 0 Å². The fourth-order valence-electron chi connectivity index (χ4n) is 1.21. The van der Waals surface area contributed by atoms with E-state index < -0.39 is 21.1 Å². The molecule has 0 aliphatic carbocycles. The first-order chi connectivity index (χ1) is 6.88. The molecular weight excluding hydrogens is 223 g/mol. The molecule has 0 aliphatic heterocycles. The summed E-state index contributed by atoms with van der Waals surface area (Å²) in [4.78, 5) is 10.6. The van der Waals surface area contributed by atoms with Crippen molar-refractivity contribution in [1.29, 1.82) is 0 Å². The normalized spacial score (nSPS) is 11.1. The zero-order valence-electron chi connectivity index (χ0n) is 8.15. The van der Waals surface area contributed by atoms with Gasteiger partial charge in [0.25, 0.3) is 0 Å². The topological polar surface area (TPSA) is 60.4 Å². The van der Waals surface area contributed by atoms with Crippen molar-refractivity contribution in [1.82, 2.24) is 0 Å². The van der Waals surface area contributed by atoms with Crippen LogP contribution in [0.4, 0.5) is 3.89 Å². The fraction of sp³-hybridized carbons (Fsp3) is 0.222. The van der Waals surface area contributed by atoms with Gasteiger partial charge in [0.2, 0.25) is 0 Å². The maximum Gasteiger partial charge on any atom is 0.339 e. The van der Waals surface area contributed by atoms with Crippen LogP contribution in [0.1, 0.15) is 15.9 Å². The van der Waals surface area contributed by atoms with Crippen LogP contribution < -0.4 is 0 Å². The van der Waals surface area contributed by atoms with Crippen molar-refractivity contribution >= 4 is 16.2 Å². The van der Waals surface area contributed by atoms with E-state index in [2.05, 4.69) is 4.74 Å². The van der Waals surface area contributed by atoms with Crippen molar-refractivity contribution in [3.8, 4) is 0 Å². The first-order valence-electron chi connectivity index (χ1n) is 4.00. The molecule has 0 N–H and O–H groups in total. The Kier molecular flexibility index (Phi) is 3.09. The second kappa shape index (κ2) is 3.98. The first kappa shape index (κ1) is 11.6. The maximum atomic E-state index is 12.8. The third-order valence-corrected chi connectivity index (χ3v) is 2.75.